The molecule has 1 amide bonds. The Balaban J connectivity index is 1.36. The number of aliphatic imine (C=N–C) groups is 1. The van der Waals surface area contributed by atoms with Gasteiger partial charge in [0.05, 0.1) is 13.1 Å². The van der Waals surface area contributed by atoms with Crippen LogP contribution in [0, 0.1) is 5.92 Å². The molecule has 172 valence electrons. The third-order valence-electron chi connectivity index (χ3n) is 5.98. The van der Waals surface area contributed by atoms with Gasteiger partial charge in [-0.25, -0.2) is 0 Å². The minimum absolute atomic E-state index is 0.0197. The molecule has 31 heavy (non-hydrogen) atoms. The third kappa shape index (κ3) is 7.72. The van der Waals surface area contributed by atoms with Crippen molar-refractivity contribution in [1.29, 1.82) is 0 Å². The fourth-order valence-electron chi connectivity index (χ4n) is 4.34. The summed E-state index contributed by atoms with van der Waals surface area (Å²) in [5.74, 6) is 1.06. The lowest BCUT2D eigenvalue weighted by Gasteiger charge is -2.32. The lowest BCUT2D eigenvalue weighted by molar-refractivity contribution is -0.143. The standard InChI is InChI=1S/C22H32F3N5O/c1-26-21(28-19-9-10-29(15-19)16-22(23,24)25)27-14-20(31)30-11-7-18(8-12-30)13-17-5-3-2-4-6-17/h2-6,18-19H,7-16H2,1H3,(H2,26,27,28). The van der Waals surface area contributed by atoms with Gasteiger partial charge < -0.3 is 15.5 Å². The first-order valence-corrected chi connectivity index (χ1v) is 10.9. The molecule has 0 radical (unpaired) electrons. The zero-order valence-corrected chi connectivity index (χ0v) is 18.0. The summed E-state index contributed by atoms with van der Waals surface area (Å²) in [6.07, 6.45) is -0.546. The molecule has 2 saturated heterocycles. The van der Waals surface area contributed by atoms with Crippen LogP contribution in [0.1, 0.15) is 24.8 Å². The number of carbonyl (C=O) groups is 1. The first-order valence-electron chi connectivity index (χ1n) is 10.9. The molecule has 0 saturated carbocycles. The van der Waals surface area contributed by atoms with Crippen molar-refractivity contribution < 1.29 is 18.0 Å². The first kappa shape index (κ1) is 23.4. The number of guanidine groups is 1. The van der Waals surface area contributed by atoms with Gasteiger partial charge in [0.25, 0.3) is 0 Å². The average molecular weight is 440 g/mol. The van der Waals surface area contributed by atoms with Crippen LogP contribution in [-0.4, -0.2) is 80.2 Å². The summed E-state index contributed by atoms with van der Waals surface area (Å²) in [6.45, 7) is 1.43. The number of carbonyl (C=O) groups excluding carboxylic acids is 1. The Bertz CT molecular complexity index is 732. The summed E-state index contributed by atoms with van der Waals surface area (Å²) in [5, 5.41) is 6.15. The van der Waals surface area contributed by atoms with Crippen LogP contribution in [0.5, 0.6) is 0 Å². The second-order valence-corrected chi connectivity index (χ2v) is 8.42. The maximum Gasteiger partial charge on any atom is 0.401 e. The molecule has 2 fully saturated rings. The smallest absolute Gasteiger partial charge is 0.352 e. The highest BCUT2D eigenvalue weighted by Crippen LogP contribution is 2.22. The van der Waals surface area contributed by atoms with E-state index in [1.54, 1.807) is 7.05 Å². The van der Waals surface area contributed by atoms with E-state index in [-0.39, 0.29) is 18.5 Å². The van der Waals surface area contributed by atoms with Gasteiger partial charge in [0.2, 0.25) is 5.91 Å². The largest absolute Gasteiger partial charge is 0.401 e. The van der Waals surface area contributed by atoms with Crippen molar-refractivity contribution >= 4 is 11.9 Å². The lowest BCUT2D eigenvalue weighted by Crippen LogP contribution is -2.49. The van der Waals surface area contributed by atoms with E-state index < -0.39 is 12.7 Å². The second kappa shape index (κ2) is 10.8. The van der Waals surface area contributed by atoms with E-state index in [1.165, 1.54) is 10.5 Å². The molecule has 0 bridgehead atoms. The van der Waals surface area contributed by atoms with Gasteiger partial charge in [-0.3, -0.25) is 14.7 Å². The van der Waals surface area contributed by atoms with Crippen LogP contribution < -0.4 is 10.6 Å². The summed E-state index contributed by atoms with van der Waals surface area (Å²) < 4.78 is 37.6. The molecule has 0 aromatic heterocycles. The van der Waals surface area contributed by atoms with Gasteiger partial charge in [-0.05, 0) is 37.2 Å². The molecular formula is C22H32F3N5O. The fourth-order valence-corrected chi connectivity index (χ4v) is 4.34. The zero-order valence-electron chi connectivity index (χ0n) is 18.0. The minimum Gasteiger partial charge on any atom is -0.352 e. The molecule has 2 N–H and O–H groups in total. The lowest BCUT2D eigenvalue weighted by atomic mass is 9.90. The van der Waals surface area contributed by atoms with Crippen LogP contribution >= 0.6 is 0 Å². The zero-order chi connectivity index (χ0) is 22.3. The van der Waals surface area contributed by atoms with Crippen LogP contribution in [0.3, 0.4) is 0 Å². The Morgan fingerprint density at radius 2 is 1.84 bits per heavy atom. The van der Waals surface area contributed by atoms with Crippen LogP contribution in [0.15, 0.2) is 35.3 Å². The number of alkyl halides is 3. The Hall–Kier alpha value is -2.29. The van der Waals surface area contributed by atoms with Gasteiger partial charge in [0.15, 0.2) is 5.96 Å². The van der Waals surface area contributed by atoms with Gasteiger partial charge in [-0.2, -0.15) is 13.2 Å². The average Bonchev–Trinajstić information content (AvgIpc) is 3.17. The fraction of sp³-hybridized carbons (Fsp3) is 0.636. The number of likely N-dealkylation sites (tertiary alicyclic amines) is 2. The van der Waals surface area contributed by atoms with Gasteiger partial charge in [-0.1, -0.05) is 30.3 Å². The Morgan fingerprint density at radius 3 is 2.48 bits per heavy atom. The summed E-state index contributed by atoms with van der Waals surface area (Å²) in [4.78, 5) is 19.9. The van der Waals surface area contributed by atoms with E-state index in [4.69, 9.17) is 0 Å². The maximum absolute atomic E-state index is 12.6. The van der Waals surface area contributed by atoms with E-state index in [0.717, 1.165) is 32.4 Å². The van der Waals surface area contributed by atoms with Gasteiger partial charge in [0.1, 0.15) is 0 Å². The molecule has 0 aliphatic carbocycles. The molecule has 2 aliphatic rings. The van der Waals surface area contributed by atoms with E-state index in [2.05, 4.69) is 39.9 Å². The molecular weight excluding hydrogens is 407 g/mol. The number of rotatable bonds is 6. The monoisotopic (exact) mass is 439 g/mol. The predicted molar refractivity (Wildman–Crippen MR) is 115 cm³/mol. The van der Waals surface area contributed by atoms with Crippen molar-refractivity contribution in [2.45, 2.75) is 37.9 Å². The van der Waals surface area contributed by atoms with Crippen molar-refractivity contribution in [3.63, 3.8) is 0 Å². The molecule has 0 spiro atoms. The number of hydrogen-bond donors (Lipinski definition) is 2. The summed E-state index contributed by atoms with van der Waals surface area (Å²) >= 11 is 0. The third-order valence-corrected chi connectivity index (χ3v) is 5.98. The number of benzene rings is 1. The summed E-state index contributed by atoms with van der Waals surface area (Å²) in [6, 6.07) is 10.3. The number of piperidine rings is 1. The number of amides is 1. The highest BCUT2D eigenvalue weighted by atomic mass is 19.4. The summed E-state index contributed by atoms with van der Waals surface area (Å²) in [5.41, 5.74) is 1.34. The minimum atomic E-state index is -4.18. The summed E-state index contributed by atoms with van der Waals surface area (Å²) in [7, 11) is 1.59. The molecule has 2 aliphatic heterocycles. The first-order chi connectivity index (χ1) is 14.8. The van der Waals surface area contributed by atoms with Crippen molar-refractivity contribution in [3.8, 4) is 0 Å². The van der Waals surface area contributed by atoms with Crippen LogP contribution in [0.25, 0.3) is 0 Å². The van der Waals surface area contributed by atoms with Crippen LogP contribution in [0.4, 0.5) is 13.2 Å². The molecule has 1 unspecified atom stereocenters. The molecule has 3 rings (SSSR count). The predicted octanol–water partition coefficient (Wildman–Crippen LogP) is 2.27. The quantitative estimate of drug-likeness (QED) is 0.528. The normalized spacial score (nSPS) is 21.4. The Labute approximate surface area is 181 Å². The van der Waals surface area contributed by atoms with Crippen LogP contribution in [-0.2, 0) is 11.2 Å². The molecule has 1 aromatic rings. The maximum atomic E-state index is 12.6. The second-order valence-electron chi connectivity index (χ2n) is 8.42. The van der Waals surface area contributed by atoms with E-state index >= 15 is 0 Å². The molecule has 1 aromatic carbocycles. The van der Waals surface area contributed by atoms with Crippen molar-refractivity contribution in [2.24, 2.45) is 10.9 Å². The van der Waals surface area contributed by atoms with Crippen LogP contribution in [0.2, 0.25) is 0 Å². The van der Waals surface area contributed by atoms with Gasteiger partial charge in [-0.15, -0.1) is 0 Å². The van der Waals surface area contributed by atoms with Crippen molar-refractivity contribution in [1.82, 2.24) is 20.4 Å². The highest BCUT2D eigenvalue weighted by molar-refractivity contribution is 5.86. The molecule has 1 atom stereocenters. The molecule has 2 heterocycles. The van der Waals surface area contributed by atoms with Crippen molar-refractivity contribution in [3.05, 3.63) is 35.9 Å². The van der Waals surface area contributed by atoms with E-state index in [9.17, 15) is 18.0 Å². The SMILES string of the molecule is CN=C(NCC(=O)N1CCC(Cc2ccccc2)CC1)NC1CCN(CC(F)(F)F)C1. The number of nitrogens with one attached hydrogen (secondary N) is 2. The van der Waals surface area contributed by atoms with E-state index in [1.807, 2.05) is 11.0 Å². The highest BCUT2D eigenvalue weighted by Gasteiger charge is 2.34. The number of hydrogen-bond acceptors (Lipinski definition) is 3. The van der Waals surface area contributed by atoms with Crippen molar-refractivity contribution in [2.75, 3.05) is 46.3 Å². The molecule has 6 nitrogen and oxygen atoms in total. The van der Waals surface area contributed by atoms with Gasteiger partial charge >= 0.3 is 6.18 Å². The Morgan fingerprint density at radius 1 is 1.13 bits per heavy atom. The topological polar surface area (TPSA) is 60.0 Å². The van der Waals surface area contributed by atoms with Gasteiger partial charge in [0, 0.05) is 39.3 Å². The van der Waals surface area contributed by atoms with E-state index in [0.29, 0.717) is 31.4 Å². The number of nitrogens with zero attached hydrogens (tertiary/aromatic N) is 3. The number of halogens is 3. The Kier molecular flexibility index (Phi) is 8.17. The molecule has 9 heteroatoms.